The third-order valence-corrected chi connectivity index (χ3v) is 3.90. The molecule has 2 rings (SSSR count). The van der Waals surface area contributed by atoms with Crippen molar-refractivity contribution in [3.8, 4) is 11.5 Å². The maximum Gasteiger partial charge on any atom is 0.344 e. The first-order valence-corrected chi connectivity index (χ1v) is 8.17. The number of methoxy groups -OCH3 is 2. The molecule has 140 valence electrons. The lowest BCUT2D eigenvalue weighted by Gasteiger charge is -2.18. The SMILES string of the molecule is COCOC(=O)c1c(OCOC)cc(OCc2ccccc2)c(C)c1C. The van der Waals surface area contributed by atoms with Crippen LogP contribution in [-0.2, 0) is 20.8 Å². The molecule has 0 heterocycles. The summed E-state index contributed by atoms with van der Waals surface area (Å²) in [6, 6.07) is 11.5. The number of hydrogen-bond donors (Lipinski definition) is 0. The predicted octanol–water partition coefficient (Wildman–Crippen LogP) is 3.63. The van der Waals surface area contributed by atoms with Crippen LogP contribution >= 0.6 is 0 Å². The quantitative estimate of drug-likeness (QED) is 0.503. The van der Waals surface area contributed by atoms with Gasteiger partial charge in [-0.05, 0) is 30.5 Å². The van der Waals surface area contributed by atoms with Crippen molar-refractivity contribution < 1.29 is 28.5 Å². The molecule has 0 aliphatic rings. The zero-order chi connectivity index (χ0) is 18.9. The topological polar surface area (TPSA) is 63.2 Å². The van der Waals surface area contributed by atoms with Crippen molar-refractivity contribution in [3.63, 3.8) is 0 Å². The normalized spacial score (nSPS) is 10.5. The highest BCUT2D eigenvalue weighted by molar-refractivity contribution is 5.95. The van der Waals surface area contributed by atoms with Crippen LogP contribution in [0.3, 0.4) is 0 Å². The molecule has 0 N–H and O–H groups in total. The maximum atomic E-state index is 12.4. The Morgan fingerprint density at radius 3 is 2.23 bits per heavy atom. The van der Waals surface area contributed by atoms with Crippen molar-refractivity contribution in [2.45, 2.75) is 20.5 Å². The number of carbonyl (C=O) groups is 1. The molecule has 0 atom stereocenters. The molecule has 6 heteroatoms. The summed E-state index contributed by atoms with van der Waals surface area (Å²) in [6.45, 7) is 4.01. The first kappa shape index (κ1) is 19.8. The molecule has 0 spiro atoms. The van der Waals surface area contributed by atoms with Gasteiger partial charge in [0.1, 0.15) is 23.7 Å². The van der Waals surface area contributed by atoms with Gasteiger partial charge in [-0.15, -0.1) is 0 Å². The van der Waals surface area contributed by atoms with E-state index in [9.17, 15) is 4.79 Å². The number of hydrogen-bond acceptors (Lipinski definition) is 6. The summed E-state index contributed by atoms with van der Waals surface area (Å²) in [5.41, 5.74) is 2.95. The molecule has 26 heavy (non-hydrogen) atoms. The summed E-state index contributed by atoms with van der Waals surface area (Å²) in [7, 11) is 2.96. The van der Waals surface area contributed by atoms with E-state index in [1.807, 2.05) is 44.2 Å². The van der Waals surface area contributed by atoms with Gasteiger partial charge >= 0.3 is 5.97 Å². The fourth-order valence-electron chi connectivity index (χ4n) is 2.42. The van der Waals surface area contributed by atoms with E-state index in [1.165, 1.54) is 14.2 Å². The van der Waals surface area contributed by atoms with Gasteiger partial charge in [-0.1, -0.05) is 30.3 Å². The minimum absolute atomic E-state index is 0.00514. The average molecular weight is 360 g/mol. The Morgan fingerprint density at radius 2 is 1.58 bits per heavy atom. The lowest BCUT2D eigenvalue weighted by molar-refractivity contribution is -0.0133. The molecule has 0 amide bonds. The monoisotopic (exact) mass is 360 g/mol. The molecule has 0 radical (unpaired) electrons. The van der Waals surface area contributed by atoms with Crippen LogP contribution in [0.5, 0.6) is 11.5 Å². The molecular weight excluding hydrogens is 336 g/mol. The van der Waals surface area contributed by atoms with Gasteiger partial charge in [0.25, 0.3) is 0 Å². The van der Waals surface area contributed by atoms with Gasteiger partial charge < -0.3 is 23.7 Å². The zero-order valence-corrected chi connectivity index (χ0v) is 15.5. The molecule has 0 aliphatic heterocycles. The van der Waals surface area contributed by atoms with E-state index in [0.29, 0.717) is 23.7 Å². The van der Waals surface area contributed by atoms with Crippen molar-refractivity contribution in [3.05, 3.63) is 58.7 Å². The summed E-state index contributed by atoms with van der Waals surface area (Å²) in [5, 5.41) is 0. The first-order valence-electron chi connectivity index (χ1n) is 8.17. The van der Waals surface area contributed by atoms with Gasteiger partial charge in [-0.2, -0.15) is 0 Å². The number of benzene rings is 2. The summed E-state index contributed by atoms with van der Waals surface area (Å²) in [5.74, 6) is 0.466. The van der Waals surface area contributed by atoms with Crippen molar-refractivity contribution in [1.82, 2.24) is 0 Å². The molecule has 0 fully saturated rings. The van der Waals surface area contributed by atoms with E-state index in [1.54, 1.807) is 6.07 Å². The minimum atomic E-state index is -0.520. The van der Waals surface area contributed by atoms with E-state index in [0.717, 1.165) is 16.7 Å². The molecule has 0 saturated carbocycles. The largest absolute Gasteiger partial charge is 0.488 e. The second-order valence-electron chi connectivity index (χ2n) is 5.66. The van der Waals surface area contributed by atoms with Crippen molar-refractivity contribution in [1.29, 1.82) is 0 Å². The fraction of sp³-hybridized carbons (Fsp3) is 0.350. The molecule has 0 aromatic heterocycles. The van der Waals surface area contributed by atoms with E-state index in [-0.39, 0.29) is 13.6 Å². The van der Waals surface area contributed by atoms with E-state index in [2.05, 4.69) is 0 Å². The van der Waals surface area contributed by atoms with Crippen LogP contribution in [-0.4, -0.2) is 33.8 Å². The molecule has 0 saturated heterocycles. The molecule has 6 nitrogen and oxygen atoms in total. The number of rotatable bonds is 9. The minimum Gasteiger partial charge on any atom is -0.488 e. The van der Waals surface area contributed by atoms with Crippen LogP contribution in [0.2, 0.25) is 0 Å². The fourth-order valence-corrected chi connectivity index (χ4v) is 2.42. The number of carbonyl (C=O) groups excluding carboxylic acids is 1. The van der Waals surface area contributed by atoms with Gasteiger partial charge in [0, 0.05) is 20.3 Å². The lowest BCUT2D eigenvalue weighted by atomic mass is 10.0. The van der Waals surface area contributed by atoms with Crippen LogP contribution in [0.25, 0.3) is 0 Å². The Balaban J connectivity index is 2.31. The van der Waals surface area contributed by atoms with Gasteiger partial charge in [-0.25, -0.2) is 4.79 Å². The second-order valence-corrected chi connectivity index (χ2v) is 5.66. The zero-order valence-electron chi connectivity index (χ0n) is 15.5. The standard InChI is InChI=1S/C20H24O6/c1-14-15(2)19(20(21)26-13-23-4)18(25-12-22-3)10-17(14)24-11-16-8-6-5-7-9-16/h5-10H,11-13H2,1-4H3. The Hall–Kier alpha value is -2.57. The Morgan fingerprint density at radius 1 is 0.885 bits per heavy atom. The van der Waals surface area contributed by atoms with Crippen LogP contribution in [0.15, 0.2) is 36.4 Å². The highest BCUT2D eigenvalue weighted by Crippen LogP contribution is 2.34. The van der Waals surface area contributed by atoms with E-state index < -0.39 is 5.97 Å². The molecule has 0 unspecified atom stereocenters. The number of esters is 1. The van der Waals surface area contributed by atoms with Gasteiger partial charge in [-0.3, -0.25) is 0 Å². The molecule has 2 aromatic carbocycles. The summed E-state index contributed by atoms with van der Waals surface area (Å²) in [6.07, 6.45) is 0. The lowest BCUT2D eigenvalue weighted by Crippen LogP contribution is -2.14. The van der Waals surface area contributed by atoms with E-state index in [4.69, 9.17) is 23.7 Å². The Bertz CT molecular complexity index is 727. The highest BCUT2D eigenvalue weighted by Gasteiger charge is 2.22. The summed E-state index contributed by atoms with van der Waals surface area (Å²) >= 11 is 0. The predicted molar refractivity (Wildman–Crippen MR) is 96.5 cm³/mol. The molecule has 0 aliphatic carbocycles. The number of ether oxygens (including phenoxy) is 5. The van der Waals surface area contributed by atoms with Crippen LogP contribution in [0, 0.1) is 13.8 Å². The van der Waals surface area contributed by atoms with Crippen LogP contribution in [0.1, 0.15) is 27.0 Å². The highest BCUT2D eigenvalue weighted by atomic mass is 16.7. The van der Waals surface area contributed by atoms with E-state index >= 15 is 0 Å². The van der Waals surface area contributed by atoms with Gasteiger partial charge in [0.2, 0.25) is 0 Å². The smallest absolute Gasteiger partial charge is 0.344 e. The average Bonchev–Trinajstić information content (AvgIpc) is 2.66. The third-order valence-electron chi connectivity index (χ3n) is 3.90. The van der Waals surface area contributed by atoms with Crippen LogP contribution in [0.4, 0.5) is 0 Å². The van der Waals surface area contributed by atoms with Crippen molar-refractivity contribution in [2.75, 3.05) is 27.8 Å². The third kappa shape index (κ3) is 4.97. The molecule has 2 aromatic rings. The van der Waals surface area contributed by atoms with Gasteiger partial charge in [0.05, 0.1) is 0 Å². The van der Waals surface area contributed by atoms with Crippen LogP contribution < -0.4 is 9.47 Å². The Labute approximate surface area is 153 Å². The molecule has 0 bridgehead atoms. The Kier molecular flexibility index (Phi) is 7.44. The first-order chi connectivity index (χ1) is 12.6. The van der Waals surface area contributed by atoms with Crippen molar-refractivity contribution in [2.24, 2.45) is 0 Å². The maximum absolute atomic E-state index is 12.4. The summed E-state index contributed by atoms with van der Waals surface area (Å²) in [4.78, 5) is 12.4. The van der Waals surface area contributed by atoms with Gasteiger partial charge in [0.15, 0.2) is 13.6 Å². The summed E-state index contributed by atoms with van der Waals surface area (Å²) < 4.78 is 26.4. The second kappa shape index (κ2) is 9.79. The molecular formula is C20H24O6. The van der Waals surface area contributed by atoms with Crippen molar-refractivity contribution >= 4 is 5.97 Å².